The van der Waals surface area contributed by atoms with E-state index in [4.69, 9.17) is 4.74 Å². The van der Waals surface area contributed by atoms with E-state index in [0.29, 0.717) is 6.61 Å². The average Bonchev–Trinajstić information content (AvgIpc) is 3.09. The van der Waals surface area contributed by atoms with Crippen molar-refractivity contribution in [1.29, 1.82) is 0 Å². The highest BCUT2D eigenvalue weighted by atomic mass is 16.5. The smallest absolute Gasteiger partial charge is 0.330 e. The van der Waals surface area contributed by atoms with Crippen LogP contribution in [0.15, 0.2) is 36.5 Å². The first-order valence-electron chi connectivity index (χ1n) is 22.0. The number of hydrogen-bond acceptors (Lipinski definition) is 2. The van der Waals surface area contributed by atoms with Gasteiger partial charge in [-0.1, -0.05) is 256 Å². The number of allylic oxidation sites excluding steroid dienone is 5. The van der Waals surface area contributed by atoms with Gasteiger partial charge in [-0.3, -0.25) is 0 Å². The summed E-state index contributed by atoms with van der Waals surface area (Å²) in [6, 6.07) is 0. The molecule has 282 valence electrons. The predicted molar refractivity (Wildman–Crippen MR) is 216 cm³/mol. The van der Waals surface area contributed by atoms with E-state index in [1.165, 1.54) is 224 Å². The van der Waals surface area contributed by atoms with E-state index < -0.39 is 0 Å². The Balaban J connectivity index is 3.28. The summed E-state index contributed by atoms with van der Waals surface area (Å²) in [5.41, 5.74) is 0. The second kappa shape index (κ2) is 43.7. The zero-order valence-electron chi connectivity index (χ0n) is 32.9. The second-order valence-electron chi connectivity index (χ2n) is 14.8. The molecule has 0 radical (unpaired) electrons. The Morgan fingerprint density at radius 2 is 0.646 bits per heavy atom. The summed E-state index contributed by atoms with van der Waals surface area (Å²) in [6.45, 7) is 5.13. The summed E-state index contributed by atoms with van der Waals surface area (Å²) >= 11 is 0. The highest BCUT2D eigenvalue weighted by Crippen LogP contribution is 2.16. The van der Waals surface area contributed by atoms with Gasteiger partial charge in [-0.2, -0.15) is 0 Å². The van der Waals surface area contributed by atoms with Gasteiger partial charge in [0.1, 0.15) is 0 Å². The molecule has 2 nitrogen and oxygen atoms in total. The maximum Gasteiger partial charge on any atom is 0.330 e. The molecule has 0 amide bonds. The summed E-state index contributed by atoms with van der Waals surface area (Å²) in [4.78, 5) is 11.9. The fourth-order valence-corrected chi connectivity index (χ4v) is 6.65. The zero-order valence-corrected chi connectivity index (χ0v) is 32.9. The van der Waals surface area contributed by atoms with Gasteiger partial charge in [-0.15, -0.1) is 0 Å². The topological polar surface area (TPSA) is 26.3 Å². The lowest BCUT2D eigenvalue weighted by Gasteiger charge is -2.04. The van der Waals surface area contributed by atoms with Crippen molar-refractivity contribution in [3.05, 3.63) is 36.5 Å². The Kier molecular flexibility index (Phi) is 42.5. The number of esters is 1. The van der Waals surface area contributed by atoms with Gasteiger partial charge in [0.05, 0.1) is 6.61 Å². The van der Waals surface area contributed by atoms with Crippen LogP contribution in [0, 0.1) is 0 Å². The Labute approximate surface area is 302 Å². The molecule has 0 heterocycles. The Hall–Kier alpha value is -1.31. The first kappa shape index (κ1) is 46.7. The number of unbranched alkanes of at least 4 members (excludes halogenated alkanes) is 34. The van der Waals surface area contributed by atoms with Crippen molar-refractivity contribution in [1.82, 2.24) is 0 Å². The lowest BCUT2D eigenvalue weighted by molar-refractivity contribution is -0.137. The summed E-state index contributed by atoms with van der Waals surface area (Å²) < 4.78 is 5.34. The van der Waals surface area contributed by atoms with Gasteiger partial charge in [0.15, 0.2) is 0 Å². The predicted octanol–water partition coefficient (Wildman–Crippen LogP) is 16.3. The number of ether oxygens (including phenoxy) is 1. The summed E-state index contributed by atoms with van der Waals surface area (Å²) in [6.07, 6.45) is 61.5. The van der Waals surface area contributed by atoms with Gasteiger partial charge in [0, 0.05) is 6.08 Å². The average molecular weight is 671 g/mol. The van der Waals surface area contributed by atoms with E-state index in [1.807, 2.05) is 12.2 Å². The van der Waals surface area contributed by atoms with Crippen molar-refractivity contribution in [3.8, 4) is 0 Å². The van der Waals surface area contributed by atoms with E-state index >= 15 is 0 Å². The van der Waals surface area contributed by atoms with Crippen LogP contribution in [0.1, 0.15) is 245 Å². The van der Waals surface area contributed by atoms with Crippen LogP contribution in [0.25, 0.3) is 0 Å². The second-order valence-corrected chi connectivity index (χ2v) is 14.8. The van der Waals surface area contributed by atoms with E-state index in [-0.39, 0.29) is 5.97 Å². The molecular formula is C46H86O2. The largest absolute Gasteiger partial charge is 0.463 e. The van der Waals surface area contributed by atoms with Gasteiger partial charge in [-0.25, -0.2) is 4.79 Å². The highest BCUT2D eigenvalue weighted by molar-refractivity contribution is 5.82. The maximum atomic E-state index is 11.9. The van der Waals surface area contributed by atoms with Crippen LogP contribution in [-0.4, -0.2) is 12.6 Å². The van der Waals surface area contributed by atoms with Gasteiger partial charge in [-0.05, 0) is 19.3 Å². The van der Waals surface area contributed by atoms with Crippen LogP contribution in [0.5, 0.6) is 0 Å². The van der Waals surface area contributed by atoms with Crippen molar-refractivity contribution in [2.75, 3.05) is 6.61 Å². The van der Waals surface area contributed by atoms with Crippen LogP contribution in [0.4, 0.5) is 0 Å². The van der Waals surface area contributed by atoms with Gasteiger partial charge >= 0.3 is 5.97 Å². The van der Waals surface area contributed by atoms with Crippen LogP contribution in [-0.2, 0) is 9.53 Å². The van der Waals surface area contributed by atoms with E-state index in [9.17, 15) is 4.79 Å². The summed E-state index contributed by atoms with van der Waals surface area (Å²) in [5.74, 6) is -0.223. The monoisotopic (exact) mass is 671 g/mol. The Morgan fingerprint density at radius 1 is 0.354 bits per heavy atom. The quantitative estimate of drug-likeness (QED) is 0.0281. The van der Waals surface area contributed by atoms with Crippen LogP contribution < -0.4 is 0 Å². The van der Waals surface area contributed by atoms with Crippen molar-refractivity contribution in [2.45, 2.75) is 245 Å². The molecule has 0 aliphatic rings. The molecule has 0 aromatic rings. The minimum Gasteiger partial charge on any atom is -0.463 e. The van der Waals surface area contributed by atoms with E-state index in [2.05, 4.69) is 26.0 Å². The molecule has 0 atom stereocenters. The van der Waals surface area contributed by atoms with Crippen molar-refractivity contribution < 1.29 is 9.53 Å². The fourth-order valence-electron chi connectivity index (χ4n) is 6.65. The third-order valence-electron chi connectivity index (χ3n) is 9.92. The molecule has 0 fully saturated rings. The third kappa shape index (κ3) is 42.7. The molecular weight excluding hydrogens is 585 g/mol. The molecule has 0 saturated carbocycles. The SMILES string of the molecule is CCCCCCCCCCCCCC=CC=CC=CC(=O)OCCCCCCCCCCCCCCCCCCCCCCCCCC. The molecule has 2 heteroatoms. The number of carbonyl (C=O) groups is 1. The summed E-state index contributed by atoms with van der Waals surface area (Å²) in [7, 11) is 0. The molecule has 0 bridgehead atoms. The molecule has 0 aliphatic heterocycles. The minimum absolute atomic E-state index is 0.223. The normalized spacial score (nSPS) is 12.0. The molecule has 0 aromatic heterocycles. The molecule has 0 rings (SSSR count). The van der Waals surface area contributed by atoms with Gasteiger partial charge in [0.2, 0.25) is 0 Å². The third-order valence-corrected chi connectivity index (χ3v) is 9.92. The summed E-state index contributed by atoms with van der Waals surface area (Å²) in [5, 5.41) is 0. The first-order valence-corrected chi connectivity index (χ1v) is 22.0. The molecule has 0 spiro atoms. The van der Waals surface area contributed by atoms with Crippen molar-refractivity contribution in [2.24, 2.45) is 0 Å². The molecule has 0 saturated heterocycles. The Bertz CT molecular complexity index is 690. The minimum atomic E-state index is -0.223. The maximum absolute atomic E-state index is 11.9. The van der Waals surface area contributed by atoms with E-state index in [1.54, 1.807) is 6.08 Å². The standard InChI is InChI=1S/C46H86O2/c1-3-5-7-9-11-13-15-17-19-21-22-23-24-25-26-27-29-31-33-35-37-39-41-43-45-48-46(47)44-42-40-38-36-34-32-30-28-20-18-16-14-12-10-8-6-4-2/h34,36,38,40,42,44H,3-33,35,37,39,41,43,45H2,1-2H3. The molecule has 0 aromatic carbocycles. The van der Waals surface area contributed by atoms with E-state index in [0.717, 1.165) is 12.8 Å². The van der Waals surface area contributed by atoms with Crippen LogP contribution in [0.3, 0.4) is 0 Å². The molecule has 0 N–H and O–H groups in total. The highest BCUT2D eigenvalue weighted by Gasteiger charge is 1.98. The lowest BCUT2D eigenvalue weighted by Crippen LogP contribution is -2.02. The number of carbonyl (C=O) groups excluding carboxylic acids is 1. The number of rotatable bonds is 40. The van der Waals surface area contributed by atoms with Crippen LogP contribution in [0.2, 0.25) is 0 Å². The molecule has 0 unspecified atom stereocenters. The zero-order chi connectivity index (χ0) is 34.7. The van der Waals surface area contributed by atoms with Gasteiger partial charge < -0.3 is 4.74 Å². The lowest BCUT2D eigenvalue weighted by atomic mass is 10.0. The fraction of sp³-hybridized carbons (Fsp3) is 0.848. The first-order chi connectivity index (χ1) is 23.8. The molecule has 0 aliphatic carbocycles. The molecule has 48 heavy (non-hydrogen) atoms. The Morgan fingerprint density at radius 3 is 1.00 bits per heavy atom. The van der Waals surface area contributed by atoms with Crippen molar-refractivity contribution >= 4 is 5.97 Å². The van der Waals surface area contributed by atoms with Crippen LogP contribution >= 0.6 is 0 Å². The van der Waals surface area contributed by atoms with Crippen molar-refractivity contribution in [3.63, 3.8) is 0 Å². The van der Waals surface area contributed by atoms with Gasteiger partial charge in [0.25, 0.3) is 0 Å². The number of hydrogen-bond donors (Lipinski definition) is 0.